The average Bonchev–Trinajstić information content (AvgIpc) is 3.15. The van der Waals surface area contributed by atoms with E-state index in [2.05, 4.69) is 20.6 Å². The van der Waals surface area contributed by atoms with Crippen LogP contribution in [0, 0.1) is 0 Å². The zero-order valence-corrected chi connectivity index (χ0v) is 22.2. The molecule has 1 amide bonds. The summed E-state index contributed by atoms with van der Waals surface area (Å²) in [6.45, 7) is 2.78. The SMILES string of the molecule is CCCC(=O)Cc1ccc(Nc2ncc(C(F)(F)F)c(Nc3cccc4c3C(=O)N(CCF)C4C)n2)c(OC)c1. The maximum Gasteiger partial charge on any atom is 0.421 e. The second-order valence-electron chi connectivity index (χ2n) is 9.34. The predicted octanol–water partition coefficient (Wildman–Crippen LogP) is 6.39. The molecule has 2 N–H and O–H groups in total. The van der Waals surface area contributed by atoms with Crippen LogP contribution >= 0.6 is 0 Å². The van der Waals surface area contributed by atoms with Gasteiger partial charge in [0.1, 0.15) is 29.6 Å². The number of ketones is 1. The molecule has 0 aliphatic carbocycles. The number of hydrogen-bond acceptors (Lipinski definition) is 7. The Morgan fingerprint density at radius 3 is 2.60 bits per heavy atom. The van der Waals surface area contributed by atoms with Gasteiger partial charge in [-0.25, -0.2) is 9.37 Å². The van der Waals surface area contributed by atoms with Gasteiger partial charge in [-0.3, -0.25) is 9.59 Å². The molecule has 2 aromatic carbocycles. The molecule has 2 heterocycles. The van der Waals surface area contributed by atoms with Crippen molar-refractivity contribution in [2.45, 2.75) is 45.3 Å². The van der Waals surface area contributed by atoms with Gasteiger partial charge in [0.15, 0.2) is 0 Å². The van der Waals surface area contributed by atoms with Gasteiger partial charge in [-0.05, 0) is 42.7 Å². The van der Waals surface area contributed by atoms with Crippen LogP contribution in [-0.4, -0.2) is 46.9 Å². The number of alkyl halides is 4. The van der Waals surface area contributed by atoms with Crippen molar-refractivity contribution in [3.05, 3.63) is 64.8 Å². The lowest BCUT2D eigenvalue weighted by molar-refractivity contribution is -0.137. The summed E-state index contributed by atoms with van der Waals surface area (Å²) in [6, 6.07) is 9.34. The predicted molar refractivity (Wildman–Crippen MR) is 142 cm³/mol. The lowest BCUT2D eigenvalue weighted by atomic mass is 10.0. The molecule has 0 saturated heterocycles. The number of Topliss-reactive ketones (excluding diaryl/α,β-unsaturated/α-hetero) is 1. The van der Waals surface area contributed by atoms with Gasteiger partial charge in [0.2, 0.25) is 5.95 Å². The molecule has 12 heteroatoms. The summed E-state index contributed by atoms with van der Waals surface area (Å²) < 4.78 is 60.2. The number of halogens is 4. The van der Waals surface area contributed by atoms with Crippen LogP contribution in [-0.2, 0) is 17.4 Å². The van der Waals surface area contributed by atoms with Crippen LogP contribution in [0.4, 0.5) is 40.7 Å². The van der Waals surface area contributed by atoms with Crippen LogP contribution in [0.5, 0.6) is 5.75 Å². The van der Waals surface area contributed by atoms with E-state index in [1.54, 1.807) is 37.3 Å². The maximum absolute atomic E-state index is 13.9. The van der Waals surface area contributed by atoms with E-state index < -0.39 is 36.2 Å². The molecular formula is C28H29F4N5O3. The van der Waals surface area contributed by atoms with Crippen LogP contribution in [0.15, 0.2) is 42.6 Å². The number of aromatic nitrogens is 2. The van der Waals surface area contributed by atoms with Gasteiger partial charge in [0.05, 0.1) is 30.1 Å². The molecule has 1 aromatic heterocycles. The van der Waals surface area contributed by atoms with Gasteiger partial charge in [0, 0.05) is 25.6 Å². The van der Waals surface area contributed by atoms with E-state index in [9.17, 15) is 27.2 Å². The monoisotopic (exact) mass is 559 g/mol. The fourth-order valence-corrected chi connectivity index (χ4v) is 4.67. The minimum atomic E-state index is -4.79. The third-order valence-electron chi connectivity index (χ3n) is 6.60. The molecule has 0 radical (unpaired) electrons. The zero-order chi connectivity index (χ0) is 29.0. The van der Waals surface area contributed by atoms with Crippen molar-refractivity contribution in [3.8, 4) is 5.75 Å². The Morgan fingerprint density at radius 1 is 1.15 bits per heavy atom. The molecule has 1 aliphatic rings. The van der Waals surface area contributed by atoms with E-state index in [1.165, 1.54) is 18.1 Å². The van der Waals surface area contributed by atoms with Crippen molar-refractivity contribution in [1.29, 1.82) is 0 Å². The molecule has 4 rings (SSSR count). The average molecular weight is 560 g/mol. The topological polar surface area (TPSA) is 96.5 Å². The molecule has 8 nitrogen and oxygen atoms in total. The number of benzene rings is 2. The van der Waals surface area contributed by atoms with Crippen LogP contribution in [0.2, 0.25) is 0 Å². The van der Waals surface area contributed by atoms with E-state index in [-0.39, 0.29) is 35.9 Å². The number of amides is 1. The Bertz CT molecular complexity index is 1410. The highest BCUT2D eigenvalue weighted by atomic mass is 19.4. The van der Waals surface area contributed by atoms with E-state index in [1.807, 2.05) is 6.92 Å². The van der Waals surface area contributed by atoms with Crippen LogP contribution < -0.4 is 15.4 Å². The van der Waals surface area contributed by atoms with Crippen molar-refractivity contribution in [2.75, 3.05) is 31.0 Å². The first-order valence-electron chi connectivity index (χ1n) is 12.7. The van der Waals surface area contributed by atoms with Gasteiger partial charge >= 0.3 is 6.18 Å². The van der Waals surface area contributed by atoms with Gasteiger partial charge < -0.3 is 20.3 Å². The summed E-state index contributed by atoms with van der Waals surface area (Å²) in [5, 5.41) is 5.54. The second kappa shape index (κ2) is 11.9. The van der Waals surface area contributed by atoms with Crippen molar-refractivity contribution in [1.82, 2.24) is 14.9 Å². The number of nitrogens with zero attached hydrogens (tertiary/aromatic N) is 3. The van der Waals surface area contributed by atoms with E-state index in [4.69, 9.17) is 4.74 Å². The standard InChI is InChI=1S/C28H29F4N5O3/c1-4-6-18(38)13-17-9-10-21(23(14-17)40-3)35-27-33-15-20(28(30,31)32)25(36-27)34-22-8-5-7-19-16(2)37(12-11-29)26(39)24(19)22/h5,7-10,14-16H,4,6,11-13H2,1-3H3,(H2,33,34,35,36). The highest BCUT2D eigenvalue weighted by molar-refractivity contribution is 6.04. The summed E-state index contributed by atoms with van der Waals surface area (Å²) in [4.78, 5) is 34.3. The number of ether oxygens (including phenoxy) is 1. The van der Waals surface area contributed by atoms with E-state index in [0.29, 0.717) is 29.6 Å². The molecular weight excluding hydrogens is 530 g/mol. The molecule has 0 saturated carbocycles. The lowest BCUT2D eigenvalue weighted by Gasteiger charge is -2.20. The molecule has 1 unspecified atom stereocenters. The highest BCUT2D eigenvalue weighted by Crippen LogP contribution is 2.40. The molecule has 212 valence electrons. The van der Waals surface area contributed by atoms with Crippen molar-refractivity contribution >= 4 is 34.8 Å². The first-order chi connectivity index (χ1) is 19.1. The number of nitrogens with one attached hydrogen (secondary N) is 2. The number of methoxy groups -OCH3 is 1. The first-order valence-corrected chi connectivity index (χ1v) is 12.7. The normalized spacial score (nSPS) is 14.7. The smallest absolute Gasteiger partial charge is 0.421 e. The third kappa shape index (κ3) is 6.00. The third-order valence-corrected chi connectivity index (χ3v) is 6.60. The summed E-state index contributed by atoms with van der Waals surface area (Å²) in [5.74, 6) is -0.765. The molecule has 0 spiro atoms. The second-order valence-corrected chi connectivity index (χ2v) is 9.34. The van der Waals surface area contributed by atoms with Crippen LogP contribution in [0.1, 0.15) is 59.8 Å². The molecule has 0 bridgehead atoms. The number of hydrogen-bond donors (Lipinski definition) is 2. The number of fused-ring (bicyclic) bond motifs is 1. The lowest BCUT2D eigenvalue weighted by Crippen LogP contribution is -2.28. The Labute approximate surface area is 228 Å². The zero-order valence-electron chi connectivity index (χ0n) is 22.2. The number of carbonyl (C=O) groups excluding carboxylic acids is 2. The first kappa shape index (κ1) is 28.8. The van der Waals surface area contributed by atoms with Crippen LogP contribution in [0.3, 0.4) is 0 Å². The summed E-state index contributed by atoms with van der Waals surface area (Å²) in [6.07, 6.45) is -2.71. The Kier molecular flexibility index (Phi) is 8.55. The van der Waals surface area contributed by atoms with Crippen LogP contribution in [0.25, 0.3) is 0 Å². The Hall–Kier alpha value is -4.22. The maximum atomic E-state index is 13.9. The molecule has 3 aromatic rings. The minimum absolute atomic E-state index is 0.0835. The van der Waals surface area contributed by atoms with Crippen molar-refractivity contribution < 1.29 is 31.9 Å². The number of rotatable bonds is 11. The highest BCUT2D eigenvalue weighted by Gasteiger charge is 2.38. The molecule has 40 heavy (non-hydrogen) atoms. The molecule has 0 fully saturated rings. The van der Waals surface area contributed by atoms with Crippen molar-refractivity contribution in [2.24, 2.45) is 0 Å². The van der Waals surface area contributed by atoms with Crippen molar-refractivity contribution in [3.63, 3.8) is 0 Å². The Morgan fingerprint density at radius 2 is 1.93 bits per heavy atom. The minimum Gasteiger partial charge on any atom is -0.495 e. The Balaban J connectivity index is 1.67. The quantitative estimate of drug-likeness (QED) is 0.263. The largest absolute Gasteiger partial charge is 0.495 e. The summed E-state index contributed by atoms with van der Waals surface area (Å²) >= 11 is 0. The summed E-state index contributed by atoms with van der Waals surface area (Å²) in [5.41, 5.74) is 0.837. The van der Waals surface area contributed by atoms with Gasteiger partial charge in [-0.2, -0.15) is 18.2 Å². The van der Waals surface area contributed by atoms with E-state index in [0.717, 1.165) is 12.0 Å². The van der Waals surface area contributed by atoms with Gasteiger partial charge in [-0.1, -0.05) is 25.1 Å². The van der Waals surface area contributed by atoms with Gasteiger partial charge in [-0.15, -0.1) is 0 Å². The summed E-state index contributed by atoms with van der Waals surface area (Å²) in [7, 11) is 1.43. The molecule has 1 aliphatic heterocycles. The van der Waals surface area contributed by atoms with Gasteiger partial charge in [0.25, 0.3) is 5.91 Å². The fourth-order valence-electron chi connectivity index (χ4n) is 4.67. The number of anilines is 4. The fraction of sp³-hybridized carbons (Fsp3) is 0.357. The molecule has 1 atom stereocenters. The number of carbonyl (C=O) groups is 2. The van der Waals surface area contributed by atoms with E-state index >= 15 is 0 Å².